The van der Waals surface area contributed by atoms with Crippen LogP contribution in [0.15, 0.2) is 69.8 Å². The Kier molecular flexibility index (Phi) is 18.4. The van der Waals surface area contributed by atoms with Crippen LogP contribution in [0.5, 0.6) is 0 Å². The molecule has 0 bridgehead atoms. The Balaban J connectivity index is 0.000000343. The molecule has 1 N–H and O–H groups in total. The van der Waals surface area contributed by atoms with Crippen LogP contribution in [-0.2, 0) is 57.8 Å². The van der Waals surface area contributed by atoms with Crippen molar-refractivity contribution in [1.82, 2.24) is 38.9 Å². The number of rotatable bonds is 10. The van der Waals surface area contributed by atoms with E-state index in [0.717, 1.165) is 53.6 Å². The Morgan fingerprint density at radius 3 is 1.74 bits per heavy atom. The maximum Gasteiger partial charge on any atom is 1.00 e. The molecule has 9 rings (SSSR count). The summed E-state index contributed by atoms with van der Waals surface area (Å²) < 4.78 is 105. The van der Waals surface area contributed by atoms with Crippen LogP contribution in [0, 0.1) is 25.6 Å². The third-order valence-electron chi connectivity index (χ3n) is 11.3. The molecule has 0 saturated heterocycles. The molecule has 17 nitrogen and oxygen atoms in total. The first-order valence-electron chi connectivity index (χ1n) is 21.1. The van der Waals surface area contributed by atoms with Gasteiger partial charge in [-0.3, -0.25) is 18.8 Å². The van der Waals surface area contributed by atoms with Gasteiger partial charge in [-0.2, -0.15) is 53.3 Å². The van der Waals surface area contributed by atoms with Crippen LogP contribution in [0.2, 0.25) is 5.28 Å². The van der Waals surface area contributed by atoms with Crippen LogP contribution >= 0.6 is 38.6 Å². The second kappa shape index (κ2) is 22.9. The summed E-state index contributed by atoms with van der Waals surface area (Å²) in [5.41, 5.74) is 2.92. The van der Waals surface area contributed by atoms with Crippen molar-refractivity contribution in [1.29, 1.82) is 0 Å². The number of furan rings is 2. The van der Waals surface area contributed by atoms with E-state index in [9.17, 15) is 56.1 Å². The van der Waals surface area contributed by atoms with Gasteiger partial charge < -0.3 is 40.2 Å². The normalized spacial score (nSPS) is 17.6. The van der Waals surface area contributed by atoms with Crippen molar-refractivity contribution in [3.05, 3.63) is 126 Å². The number of hydrogen-bond donors (Lipinski definition) is 1. The van der Waals surface area contributed by atoms with Gasteiger partial charge in [0, 0.05) is 81.9 Å². The number of aromatic nitrogens is 6. The third-order valence-corrected chi connectivity index (χ3v) is 11.6. The molecular formula is C42H47ClF7N10NaO7S2. The van der Waals surface area contributed by atoms with E-state index in [0.29, 0.717) is 56.8 Å². The molecule has 6 aromatic heterocycles. The maximum atomic E-state index is 12.8. The van der Waals surface area contributed by atoms with E-state index in [1.165, 1.54) is 29.1 Å². The molecule has 70 heavy (non-hydrogen) atoms. The number of fused-ring (bicyclic) bond motifs is 3. The smallest absolute Gasteiger partial charge is 1.00 e. The molecule has 0 saturated carbocycles. The van der Waals surface area contributed by atoms with E-state index in [1.54, 1.807) is 25.1 Å². The predicted molar refractivity (Wildman–Crippen MR) is 246 cm³/mol. The average molecular weight is 1060 g/mol. The topological polar surface area (TPSA) is 201 Å². The average Bonchev–Trinajstić information content (AvgIpc) is 4.10. The second-order valence-electron chi connectivity index (χ2n) is 17.0. The molecule has 0 aliphatic carbocycles. The number of hydrogen-bond acceptors (Lipinski definition) is 13. The molecule has 0 amide bonds. The molecule has 0 radical (unpaired) electrons. The number of aliphatic hydroxyl groups is 1. The summed E-state index contributed by atoms with van der Waals surface area (Å²) in [6, 6.07) is 11.3. The summed E-state index contributed by atoms with van der Waals surface area (Å²) in [5, 5.41) is 32.6. The molecule has 28 heteroatoms. The minimum atomic E-state index is -4.56. The van der Waals surface area contributed by atoms with Crippen LogP contribution in [0.25, 0.3) is 22.9 Å². The van der Waals surface area contributed by atoms with Crippen molar-refractivity contribution in [2.24, 2.45) is 5.41 Å². The largest absolute Gasteiger partial charge is 1.00 e. The van der Waals surface area contributed by atoms with Gasteiger partial charge >= 0.3 is 58.8 Å². The molecule has 3 aliphatic rings. The van der Waals surface area contributed by atoms with E-state index in [4.69, 9.17) is 21.8 Å². The van der Waals surface area contributed by atoms with Gasteiger partial charge in [-0.15, -0.1) is 0 Å². The summed E-state index contributed by atoms with van der Waals surface area (Å²) in [6.45, 7) is 7.98. The Morgan fingerprint density at radius 2 is 1.29 bits per heavy atom. The van der Waals surface area contributed by atoms with E-state index in [2.05, 4.69) is 31.8 Å². The number of alkyl halides is 7. The van der Waals surface area contributed by atoms with Crippen molar-refractivity contribution in [3.8, 4) is 22.9 Å². The van der Waals surface area contributed by atoms with Crippen LogP contribution in [0.1, 0.15) is 56.5 Å². The van der Waals surface area contributed by atoms with Crippen molar-refractivity contribution in [2.75, 3.05) is 33.3 Å². The molecule has 0 spiro atoms. The minimum absolute atomic E-state index is 0. The molecule has 0 aromatic carbocycles. The van der Waals surface area contributed by atoms with Crippen LogP contribution in [0.3, 0.4) is 0 Å². The molecule has 9 heterocycles. The molecule has 2 atom stereocenters. The Bertz CT molecular complexity index is 2790. The van der Waals surface area contributed by atoms with Gasteiger partial charge in [-0.1, -0.05) is 19.1 Å². The fraction of sp³-hybridized carbons (Fsp3) is 0.429. The van der Waals surface area contributed by atoms with Gasteiger partial charge in [0.05, 0.1) is 20.7 Å². The van der Waals surface area contributed by atoms with Crippen molar-refractivity contribution < 1.29 is 86.9 Å². The zero-order valence-corrected chi connectivity index (χ0v) is 42.4. The number of pyridine rings is 2. The number of β-amino-alcohol motifs (C(OH)–C–C–N with tert-alkyl or cyclic N) is 1. The second-order valence-corrected chi connectivity index (χ2v) is 17.3. The summed E-state index contributed by atoms with van der Waals surface area (Å²) >= 11 is 5.94. The van der Waals surface area contributed by atoms with E-state index >= 15 is 0 Å². The Morgan fingerprint density at radius 1 is 0.800 bits per heavy atom. The summed E-state index contributed by atoms with van der Waals surface area (Å²) in [4.78, 5) is 41.8. The zero-order chi connectivity index (χ0) is 49.3. The maximum absolute atomic E-state index is 12.8. The molecule has 3 aliphatic heterocycles. The Labute approximate surface area is 438 Å². The molecule has 0 fully saturated rings. The van der Waals surface area contributed by atoms with Crippen LogP contribution in [0.4, 0.5) is 42.4 Å². The molecular weight excluding hydrogens is 1010 g/mol. The fourth-order valence-corrected chi connectivity index (χ4v) is 8.72. The number of nitrogens with zero attached hydrogens (tertiary/aromatic N) is 10. The van der Waals surface area contributed by atoms with Gasteiger partial charge in [0.15, 0.2) is 11.5 Å². The van der Waals surface area contributed by atoms with E-state index < -0.39 is 52.3 Å². The standard InChI is InChI=1S/C21H20F3N5O3.C20H19ClF3N5O4.CH3F.Na.2H2S.H/c1-20(8-18-26-19(29(30)31)10-28(18)12-20)11-27-7-6-14-13(9-27)2-3-15(25-14)16-4-5-17(32-16)21(22,23)24;1-19(30,11-28-9-17(29(31)32)26-18(28)21)10-27-7-6-13-12(8-27)2-3-14(25-13)15-4-5-16(33-15)20(22,23)24;1-2;;;;/h2-5,10H,6-9,11-12H2,1H3;2-5,9,30H,6-8,10-11H2,1H3;1H3;;2*1H2;/q;;;+1;;;-1/t20-;19-;;;;;/m00...../s1/i;;1D;;;;. The van der Waals surface area contributed by atoms with Gasteiger partial charge in [0.1, 0.15) is 23.8 Å². The van der Waals surface area contributed by atoms with E-state index in [-0.39, 0.29) is 99.1 Å². The molecule has 0 unspecified atom stereocenters. The van der Waals surface area contributed by atoms with Gasteiger partial charge in [-0.05, 0) is 85.9 Å². The van der Waals surface area contributed by atoms with Crippen molar-refractivity contribution >= 4 is 50.2 Å². The fourth-order valence-electron chi connectivity index (χ4n) is 8.53. The zero-order valence-electron chi connectivity index (χ0n) is 39.7. The first-order valence-corrected chi connectivity index (χ1v) is 20.7. The summed E-state index contributed by atoms with van der Waals surface area (Å²) in [5.74, 6) is -1.74. The quantitative estimate of drug-likeness (QED) is 0.0732. The van der Waals surface area contributed by atoms with Crippen LogP contribution in [-0.4, -0.2) is 92.8 Å². The molecule has 376 valence electrons. The first-order chi connectivity index (χ1) is 31.9. The number of nitro groups is 2. The summed E-state index contributed by atoms with van der Waals surface area (Å²) in [6.07, 6.45) is -4.53. The number of imidazole rings is 2. The predicted octanol–water partition coefficient (Wildman–Crippen LogP) is 5.94. The summed E-state index contributed by atoms with van der Waals surface area (Å²) in [7, 11) is -1.00. The van der Waals surface area contributed by atoms with Crippen molar-refractivity contribution in [3.63, 3.8) is 0 Å². The first kappa shape index (κ1) is 56.4. The van der Waals surface area contributed by atoms with Gasteiger partial charge in [0.2, 0.25) is 17.3 Å². The Hall–Kier alpha value is -4.54. The third kappa shape index (κ3) is 13.7. The van der Waals surface area contributed by atoms with E-state index in [1.807, 2.05) is 15.5 Å². The number of halogens is 8. The molecule has 6 aromatic rings. The van der Waals surface area contributed by atoms with Crippen molar-refractivity contribution in [2.45, 2.75) is 77.2 Å². The van der Waals surface area contributed by atoms with Gasteiger partial charge in [-0.25, -0.2) is 9.97 Å². The van der Waals surface area contributed by atoms with Gasteiger partial charge in [0.25, 0.3) is 0 Å². The minimum Gasteiger partial charge on any atom is -1.00 e. The SMILES string of the molecule is C[C@@]1(CN2CCc3nc(-c4ccc(C(F)(F)F)o4)ccc3C2)Cc2nc([N+](=O)[O-])cn2C1.C[C@](O)(CN1CCc2nc(-c3ccc(C(F)(F)F)o3)ccc2C1)Cn1cc([N+](=O)[O-])nc1Cl.S.S.[2H]CF.[H-].[Na+]. The van der Waals surface area contributed by atoms with Crippen LogP contribution < -0.4 is 29.6 Å². The monoisotopic (exact) mass is 1060 g/mol.